The van der Waals surface area contributed by atoms with Gasteiger partial charge in [-0.05, 0) is 40.3 Å². The molecule has 32 heavy (non-hydrogen) atoms. The maximum atomic E-state index is 12.7. The highest BCUT2D eigenvalue weighted by atomic mass is 16.5. The van der Waals surface area contributed by atoms with E-state index in [1.807, 2.05) is 24.3 Å². The number of carbonyl (C=O) groups excluding carboxylic acids is 1. The standard InChI is InChI=1S/C21H17N7O4/c1-31-14-5-3-4-13(10-14)16-15-17(19(29)24-23-16)22-21-25-26-27-28(21)18(15)11-6-8-12(9-7-11)20(30)32-2/h3-10,18H,1-2H3,(H,24,29)(H,22,25,27)/t18-/m0/s1. The number of esters is 1. The number of H-pyrrole nitrogens is 1. The van der Waals surface area contributed by atoms with Crippen molar-refractivity contribution in [2.45, 2.75) is 6.04 Å². The third kappa shape index (κ3) is 3.07. The lowest BCUT2D eigenvalue weighted by atomic mass is 9.92. The highest BCUT2D eigenvalue weighted by Gasteiger charge is 2.34. The van der Waals surface area contributed by atoms with E-state index in [0.29, 0.717) is 34.2 Å². The number of carbonyl (C=O) groups is 1. The second-order valence-electron chi connectivity index (χ2n) is 7.01. The molecule has 2 aromatic heterocycles. The minimum absolute atomic E-state index is 0.294. The molecule has 0 spiro atoms. The number of ether oxygens (including phenoxy) is 2. The van der Waals surface area contributed by atoms with Crippen LogP contribution in [0.1, 0.15) is 27.5 Å². The number of aromatic amines is 1. The molecule has 5 rings (SSSR count). The van der Waals surface area contributed by atoms with Crippen molar-refractivity contribution in [1.82, 2.24) is 30.4 Å². The molecule has 3 heterocycles. The van der Waals surface area contributed by atoms with Gasteiger partial charge in [-0.1, -0.05) is 29.4 Å². The molecule has 1 atom stereocenters. The molecule has 0 saturated carbocycles. The van der Waals surface area contributed by atoms with Gasteiger partial charge >= 0.3 is 5.97 Å². The zero-order valence-corrected chi connectivity index (χ0v) is 17.1. The summed E-state index contributed by atoms with van der Waals surface area (Å²) in [4.78, 5) is 24.6. The zero-order chi connectivity index (χ0) is 22.2. The van der Waals surface area contributed by atoms with Crippen molar-refractivity contribution in [2.75, 3.05) is 19.5 Å². The number of nitrogens with zero attached hydrogens (tertiary/aromatic N) is 5. The molecule has 0 bridgehead atoms. The molecule has 11 nitrogen and oxygen atoms in total. The topological polar surface area (TPSA) is 137 Å². The Bertz CT molecular complexity index is 1380. The highest BCUT2D eigenvalue weighted by Crippen LogP contribution is 2.41. The van der Waals surface area contributed by atoms with Gasteiger partial charge in [0.05, 0.1) is 25.5 Å². The van der Waals surface area contributed by atoms with Crippen LogP contribution < -0.4 is 15.6 Å². The largest absolute Gasteiger partial charge is 0.497 e. The van der Waals surface area contributed by atoms with Crippen LogP contribution in [0.15, 0.2) is 53.3 Å². The van der Waals surface area contributed by atoms with Gasteiger partial charge in [-0.2, -0.15) is 9.78 Å². The predicted molar refractivity (Wildman–Crippen MR) is 113 cm³/mol. The molecule has 160 valence electrons. The van der Waals surface area contributed by atoms with E-state index >= 15 is 0 Å². The molecule has 0 aliphatic carbocycles. The van der Waals surface area contributed by atoms with E-state index in [1.54, 1.807) is 36.1 Å². The number of tetrazole rings is 1. The summed E-state index contributed by atoms with van der Waals surface area (Å²) < 4.78 is 11.7. The molecule has 1 aliphatic heterocycles. The van der Waals surface area contributed by atoms with E-state index in [1.165, 1.54) is 7.11 Å². The van der Waals surface area contributed by atoms with Crippen LogP contribution in [0.3, 0.4) is 0 Å². The van der Waals surface area contributed by atoms with Crippen LogP contribution >= 0.6 is 0 Å². The first-order valence-corrected chi connectivity index (χ1v) is 9.61. The van der Waals surface area contributed by atoms with Gasteiger partial charge in [0, 0.05) is 11.1 Å². The van der Waals surface area contributed by atoms with Gasteiger partial charge in [-0.25, -0.2) is 9.89 Å². The second-order valence-corrected chi connectivity index (χ2v) is 7.01. The number of rotatable bonds is 4. The second kappa shape index (κ2) is 7.61. The van der Waals surface area contributed by atoms with Crippen LogP contribution in [0.4, 0.5) is 11.6 Å². The molecule has 4 aromatic rings. The number of benzene rings is 2. The number of fused-ring (bicyclic) bond motifs is 2. The molecular formula is C21H17N7O4. The lowest BCUT2D eigenvalue weighted by Gasteiger charge is -2.28. The summed E-state index contributed by atoms with van der Waals surface area (Å²) in [7, 11) is 2.90. The minimum atomic E-state index is -0.570. The summed E-state index contributed by atoms with van der Waals surface area (Å²) in [6.45, 7) is 0. The van der Waals surface area contributed by atoms with E-state index in [9.17, 15) is 9.59 Å². The van der Waals surface area contributed by atoms with Crippen LogP contribution in [0.2, 0.25) is 0 Å². The molecule has 0 saturated heterocycles. The van der Waals surface area contributed by atoms with Crippen molar-refractivity contribution in [2.24, 2.45) is 0 Å². The Kier molecular flexibility index (Phi) is 4.62. The van der Waals surface area contributed by atoms with Gasteiger partial charge in [-0.3, -0.25) is 4.79 Å². The molecule has 11 heteroatoms. The first-order valence-electron chi connectivity index (χ1n) is 9.61. The summed E-state index contributed by atoms with van der Waals surface area (Å²) in [6, 6.07) is 13.6. The van der Waals surface area contributed by atoms with Gasteiger partial charge in [-0.15, -0.1) is 0 Å². The fourth-order valence-electron chi connectivity index (χ4n) is 3.76. The highest BCUT2D eigenvalue weighted by molar-refractivity contribution is 5.89. The fourth-order valence-corrected chi connectivity index (χ4v) is 3.76. The zero-order valence-electron chi connectivity index (χ0n) is 17.1. The first kappa shape index (κ1) is 19.4. The summed E-state index contributed by atoms with van der Waals surface area (Å²) in [6.07, 6.45) is 0. The number of nitrogens with one attached hydrogen (secondary N) is 2. The van der Waals surface area contributed by atoms with Crippen LogP contribution in [-0.4, -0.2) is 50.6 Å². The Balaban J connectivity index is 1.74. The van der Waals surface area contributed by atoms with Crippen LogP contribution in [0, 0.1) is 0 Å². The minimum Gasteiger partial charge on any atom is -0.497 e. The quantitative estimate of drug-likeness (QED) is 0.409. The van der Waals surface area contributed by atoms with Gasteiger partial charge in [0.1, 0.15) is 17.5 Å². The molecule has 1 aliphatic rings. The molecule has 2 aromatic carbocycles. The SMILES string of the molecule is COC(=O)c1ccc([C@H]2c3c(-c4cccc(OC)c4)n[nH]c(=O)c3Nc3nnnn32)cc1. The van der Waals surface area contributed by atoms with E-state index in [4.69, 9.17) is 9.47 Å². The average Bonchev–Trinajstić information content (AvgIpc) is 3.31. The van der Waals surface area contributed by atoms with Crippen molar-refractivity contribution in [1.29, 1.82) is 0 Å². The lowest BCUT2D eigenvalue weighted by Crippen LogP contribution is -2.29. The Labute approximate surface area is 181 Å². The molecule has 0 unspecified atom stereocenters. The Morgan fingerprint density at radius 1 is 1.12 bits per heavy atom. The maximum Gasteiger partial charge on any atom is 0.337 e. The fraction of sp³-hybridized carbons (Fsp3) is 0.143. The summed E-state index contributed by atoms with van der Waals surface area (Å²) in [5, 5.41) is 21.7. The smallest absolute Gasteiger partial charge is 0.337 e. The van der Waals surface area contributed by atoms with E-state index < -0.39 is 17.6 Å². The number of methoxy groups -OCH3 is 2. The van der Waals surface area contributed by atoms with Crippen molar-refractivity contribution in [3.63, 3.8) is 0 Å². The lowest BCUT2D eigenvalue weighted by molar-refractivity contribution is 0.0600. The monoisotopic (exact) mass is 431 g/mol. The van der Waals surface area contributed by atoms with Crippen molar-refractivity contribution in [3.05, 3.63) is 75.6 Å². The number of anilines is 2. The Morgan fingerprint density at radius 3 is 2.69 bits per heavy atom. The normalized spacial score (nSPS) is 14.1. The van der Waals surface area contributed by atoms with E-state index in [-0.39, 0.29) is 0 Å². The summed E-state index contributed by atoms with van der Waals surface area (Å²) in [5.41, 5.74) is 2.91. The first-order chi connectivity index (χ1) is 15.6. The van der Waals surface area contributed by atoms with Crippen LogP contribution in [0.5, 0.6) is 5.75 Å². The summed E-state index contributed by atoms with van der Waals surface area (Å²) >= 11 is 0. The van der Waals surface area contributed by atoms with Crippen molar-refractivity contribution in [3.8, 4) is 17.0 Å². The number of hydrogen-bond donors (Lipinski definition) is 2. The van der Waals surface area contributed by atoms with E-state index in [0.717, 1.165) is 11.1 Å². The van der Waals surface area contributed by atoms with Gasteiger partial charge in [0.25, 0.3) is 5.56 Å². The van der Waals surface area contributed by atoms with E-state index in [2.05, 4.69) is 31.0 Å². The average molecular weight is 431 g/mol. The van der Waals surface area contributed by atoms with Crippen LogP contribution in [0.25, 0.3) is 11.3 Å². The molecule has 2 N–H and O–H groups in total. The van der Waals surface area contributed by atoms with Gasteiger partial charge in [0.15, 0.2) is 0 Å². The maximum absolute atomic E-state index is 12.7. The summed E-state index contributed by atoms with van der Waals surface area (Å²) in [5.74, 6) is 0.517. The third-order valence-electron chi connectivity index (χ3n) is 5.26. The Hall–Kier alpha value is -4.54. The van der Waals surface area contributed by atoms with Gasteiger partial charge < -0.3 is 14.8 Å². The molecular weight excluding hydrogens is 414 g/mol. The third-order valence-corrected chi connectivity index (χ3v) is 5.26. The predicted octanol–water partition coefficient (Wildman–Crippen LogP) is 1.91. The molecule has 0 radical (unpaired) electrons. The van der Waals surface area contributed by atoms with Crippen molar-refractivity contribution >= 4 is 17.6 Å². The Morgan fingerprint density at radius 2 is 1.94 bits per heavy atom. The number of aromatic nitrogens is 6. The molecule has 0 amide bonds. The number of hydrogen-bond acceptors (Lipinski definition) is 9. The van der Waals surface area contributed by atoms with Gasteiger partial charge in [0.2, 0.25) is 5.95 Å². The van der Waals surface area contributed by atoms with Crippen molar-refractivity contribution < 1.29 is 14.3 Å². The van der Waals surface area contributed by atoms with Crippen LogP contribution in [-0.2, 0) is 4.74 Å². The molecule has 0 fully saturated rings.